The molecule has 0 aromatic heterocycles. The number of esters is 1. The highest BCUT2D eigenvalue weighted by Crippen LogP contribution is 2.15. The number of rotatable bonds is 9. The van der Waals surface area contributed by atoms with Gasteiger partial charge in [-0.2, -0.15) is 0 Å². The Morgan fingerprint density at radius 1 is 1.24 bits per heavy atom. The summed E-state index contributed by atoms with van der Waals surface area (Å²) in [5.74, 6) is -0.536. The molecular weight excluding hydrogens is 272 g/mol. The zero-order chi connectivity index (χ0) is 15.5. The topological polar surface area (TPSA) is 76.7 Å². The number of hydrogen-bond donors (Lipinski definition) is 2. The van der Waals surface area contributed by atoms with Crippen LogP contribution in [0.2, 0.25) is 0 Å². The monoisotopic (exact) mass is 294 g/mol. The third-order valence-electron chi connectivity index (χ3n) is 2.71. The largest absolute Gasteiger partial charge is 0.462 e. The zero-order valence-corrected chi connectivity index (χ0v) is 12.5. The fraction of sp³-hybridized carbons (Fsp3) is 0.467. The Morgan fingerprint density at radius 3 is 2.71 bits per heavy atom. The number of ether oxygens (including phenoxy) is 2. The van der Waals surface area contributed by atoms with Gasteiger partial charge in [0, 0.05) is 25.9 Å². The van der Waals surface area contributed by atoms with Crippen LogP contribution in [-0.2, 0) is 14.3 Å². The van der Waals surface area contributed by atoms with Crippen molar-refractivity contribution in [1.82, 2.24) is 5.32 Å². The molecule has 0 heterocycles. The van der Waals surface area contributed by atoms with Crippen molar-refractivity contribution in [3.8, 4) is 0 Å². The van der Waals surface area contributed by atoms with Gasteiger partial charge in [0.05, 0.1) is 18.7 Å². The number of carbonyl (C=O) groups is 2. The standard InChI is InChI=1S/C15H22N2O4/c1-3-21-15(19)12-7-4-5-8-13(12)17-11-14(18)16-9-6-10-20-2/h4-5,7-8,17H,3,6,9-11H2,1-2H3,(H,16,18). The highest BCUT2D eigenvalue weighted by atomic mass is 16.5. The molecule has 1 rings (SSSR count). The quantitative estimate of drug-likeness (QED) is 0.532. The maximum absolute atomic E-state index is 11.8. The lowest BCUT2D eigenvalue weighted by atomic mass is 10.2. The third-order valence-corrected chi connectivity index (χ3v) is 2.71. The van der Waals surface area contributed by atoms with E-state index in [0.29, 0.717) is 31.0 Å². The summed E-state index contributed by atoms with van der Waals surface area (Å²) in [5.41, 5.74) is 1.01. The Bertz CT molecular complexity index is 463. The average Bonchev–Trinajstić information content (AvgIpc) is 2.50. The molecule has 0 aliphatic heterocycles. The Balaban J connectivity index is 2.47. The van der Waals surface area contributed by atoms with Crippen LogP contribution in [0.1, 0.15) is 23.7 Å². The molecule has 2 N–H and O–H groups in total. The Labute approximate surface area is 124 Å². The van der Waals surface area contributed by atoms with Crippen LogP contribution in [0.4, 0.5) is 5.69 Å². The van der Waals surface area contributed by atoms with E-state index in [9.17, 15) is 9.59 Å². The second kappa shape index (κ2) is 9.77. The predicted molar refractivity (Wildman–Crippen MR) is 80.4 cm³/mol. The summed E-state index contributed by atoms with van der Waals surface area (Å²) in [6, 6.07) is 6.95. The highest BCUT2D eigenvalue weighted by Gasteiger charge is 2.12. The number of benzene rings is 1. The van der Waals surface area contributed by atoms with Gasteiger partial charge in [0.2, 0.25) is 5.91 Å². The Morgan fingerprint density at radius 2 is 2.00 bits per heavy atom. The lowest BCUT2D eigenvalue weighted by Gasteiger charge is -2.11. The molecule has 21 heavy (non-hydrogen) atoms. The lowest BCUT2D eigenvalue weighted by molar-refractivity contribution is -0.119. The first-order valence-electron chi connectivity index (χ1n) is 6.94. The van der Waals surface area contributed by atoms with Gasteiger partial charge >= 0.3 is 5.97 Å². The van der Waals surface area contributed by atoms with Gasteiger partial charge in [0.1, 0.15) is 0 Å². The molecule has 0 saturated carbocycles. The second-order valence-corrected chi connectivity index (χ2v) is 4.32. The van der Waals surface area contributed by atoms with Crippen molar-refractivity contribution in [2.24, 2.45) is 0 Å². The number of methoxy groups -OCH3 is 1. The molecule has 0 fully saturated rings. The van der Waals surface area contributed by atoms with Gasteiger partial charge in [0.25, 0.3) is 0 Å². The molecule has 0 saturated heterocycles. The van der Waals surface area contributed by atoms with Crippen molar-refractivity contribution in [3.05, 3.63) is 29.8 Å². The lowest BCUT2D eigenvalue weighted by Crippen LogP contribution is -2.31. The summed E-state index contributed by atoms with van der Waals surface area (Å²) < 4.78 is 9.87. The van der Waals surface area contributed by atoms with Crippen LogP contribution in [0.3, 0.4) is 0 Å². The summed E-state index contributed by atoms with van der Waals surface area (Å²) in [4.78, 5) is 23.4. The minimum absolute atomic E-state index is 0.101. The van der Waals surface area contributed by atoms with Gasteiger partial charge < -0.3 is 20.1 Å². The van der Waals surface area contributed by atoms with E-state index < -0.39 is 5.97 Å². The summed E-state index contributed by atoms with van der Waals surface area (Å²) in [5, 5.41) is 5.71. The first kappa shape index (κ1) is 17.0. The van der Waals surface area contributed by atoms with E-state index >= 15 is 0 Å². The summed E-state index contributed by atoms with van der Waals surface area (Å²) >= 11 is 0. The van der Waals surface area contributed by atoms with Crippen molar-refractivity contribution in [3.63, 3.8) is 0 Å². The second-order valence-electron chi connectivity index (χ2n) is 4.32. The van der Waals surface area contributed by atoms with Crippen molar-refractivity contribution >= 4 is 17.6 Å². The normalized spacial score (nSPS) is 10.0. The summed E-state index contributed by atoms with van der Waals surface area (Å²) in [7, 11) is 1.62. The molecule has 1 aromatic rings. The SMILES string of the molecule is CCOC(=O)c1ccccc1NCC(=O)NCCCOC. The maximum atomic E-state index is 11.8. The Hall–Kier alpha value is -2.08. The molecule has 0 unspecified atom stereocenters. The van der Waals surface area contributed by atoms with Crippen LogP contribution in [0, 0.1) is 0 Å². The molecule has 1 amide bonds. The molecule has 116 valence electrons. The van der Waals surface area contributed by atoms with Gasteiger partial charge in [0.15, 0.2) is 0 Å². The average molecular weight is 294 g/mol. The molecule has 0 aliphatic carbocycles. The number of hydrogen-bond acceptors (Lipinski definition) is 5. The molecule has 0 aliphatic rings. The third kappa shape index (κ3) is 6.27. The molecule has 0 spiro atoms. The smallest absolute Gasteiger partial charge is 0.340 e. The molecule has 1 aromatic carbocycles. The minimum atomic E-state index is -0.402. The van der Waals surface area contributed by atoms with Crippen LogP contribution in [0.15, 0.2) is 24.3 Å². The molecule has 6 heteroatoms. The van der Waals surface area contributed by atoms with E-state index in [4.69, 9.17) is 9.47 Å². The van der Waals surface area contributed by atoms with E-state index in [0.717, 1.165) is 6.42 Å². The first-order valence-corrected chi connectivity index (χ1v) is 6.94. The van der Waals surface area contributed by atoms with Gasteiger partial charge in [-0.05, 0) is 25.5 Å². The number of para-hydroxylation sites is 1. The molecule has 6 nitrogen and oxygen atoms in total. The Kier molecular flexibility index (Phi) is 7.89. The molecule has 0 radical (unpaired) electrons. The molecular formula is C15H22N2O4. The van der Waals surface area contributed by atoms with E-state index in [2.05, 4.69) is 10.6 Å². The summed E-state index contributed by atoms with van der Waals surface area (Å²) in [6.45, 7) is 3.34. The van der Waals surface area contributed by atoms with E-state index in [1.165, 1.54) is 0 Å². The number of nitrogens with one attached hydrogen (secondary N) is 2. The number of amides is 1. The summed E-state index contributed by atoms with van der Waals surface area (Å²) in [6.07, 6.45) is 0.766. The van der Waals surface area contributed by atoms with E-state index in [-0.39, 0.29) is 12.5 Å². The van der Waals surface area contributed by atoms with Gasteiger partial charge in [-0.25, -0.2) is 4.79 Å². The zero-order valence-electron chi connectivity index (χ0n) is 12.5. The predicted octanol–water partition coefficient (Wildman–Crippen LogP) is 1.43. The molecule has 0 bridgehead atoms. The fourth-order valence-electron chi connectivity index (χ4n) is 1.71. The van der Waals surface area contributed by atoms with Crippen LogP contribution < -0.4 is 10.6 Å². The number of carbonyl (C=O) groups excluding carboxylic acids is 2. The van der Waals surface area contributed by atoms with Gasteiger partial charge in [-0.15, -0.1) is 0 Å². The minimum Gasteiger partial charge on any atom is -0.462 e. The van der Waals surface area contributed by atoms with Crippen LogP contribution in [0.5, 0.6) is 0 Å². The van der Waals surface area contributed by atoms with Crippen molar-refractivity contribution in [2.45, 2.75) is 13.3 Å². The highest BCUT2D eigenvalue weighted by molar-refractivity contribution is 5.96. The van der Waals surface area contributed by atoms with E-state index in [1.54, 1.807) is 38.3 Å². The van der Waals surface area contributed by atoms with E-state index in [1.807, 2.05) is 0 Å². The maximum Gasteiger partial charge on any atom is 0.340 e. The van der Waals surface area contributed by atoms with Crippen LogP contribution in [0.25, 0.3) is 0 Å². The van der Waals surface area contributed by atoms with Gasteiger partial charge in [-0.1, -0.05) is 12.1 Å². The van der Waals surface area contributed by atoms with Crippen molar-refractivity contribution in [1.29, 1.82) is 0 Å². The molecule has 0 atom stereocenters. The van der Waals surface area contributed by atoms with Crippen LogP contribution in [-0.4, -0.2) is 45.3 Å². The number of anilines is 1. The fourth-order valence-corrected chi connectivity index (χ4v) is 1.71. The van der Waals surface area contributed by atoms with Crippen molar-refractivity contribution in [2.75, 3.05) is 38.7 Å². The van der Waals surface area contributed by atoms with Gasteiger partial charge in [-0.3, -0.25) is 4.79 Å². The van der Waals surface area contributed by atoms with Crippen LogP contribution >= 0.6 is 0 Å². The first-order chi connectivity index (χ1) is 10.2. The van der Waals surface area contributed by atoms with Crippen molar-refractivity contribution < 1.29 is 19.1 Å².